The molecule has 1 saturated carbocycles. The van der Waals surface area contributed by atoms with Crippen molar-refractivity contribution < 1.29 is 17.9 Å². The molecule has 0 aromatic carbocycles. The summed E-state index contributed by atoms with van der Waals surface area (Å²) >= 11 is 0. The fraction of sp³-hybridized carbons (Fsp3) is 0.583. The van der Waals surface area contributed by atoms with Crippen LogP contribution < -0.4 is 10.1 Å². The molecule has 1 aliphatic carbocycles. The molecule has 0 bridgehead atoms. The summed E-state index contributed by atoms with van der Waals surface area (Å²) in [6.45, 7) is 2.95. The first-order chi connectivity index (χ1) is 8.44. The van der Waals surface area contributed by atoms with Gasteiger partial charge in [0.2, 0.25) is 0 Å². The lowest BCUT2D eigenvalue weighted by Crippen LogP contribution is -2.17. The van der Waals surface area contributed by atoms with E-state index in [1.165, 1.54) is 25.0 Å². The van der Waals surface area contributed by atoms with Gasteiger partial charge in [-0.05, 0) is 36.8 Å². The van der Waals surface area contributed by atoms with Gasteiger partial charge in [0.05, 0.1) is 6.20 Å². The number of anilines is 1. The number of pyridine rings is 1. The van der Waals surface area contributed by atoms with Crippen molar-refractivity contribution in [3.05, 3.63) is 18.3 Å². The van der Waals surface area contributed by atoms with Gasteiger partial charge in [0.15, 0.2) is 0 Å². The van der Waals surface area contributed by atoms with E-state index in [-0.39, 0.29) is 5.75 Å². The maximum Gasteiger partial charge on any atom is 0.573 e. The van der Waals surface area contributed by atoms with Crippen molar-refractivity contribution >= 4 is 5.82 Å². The van der Waals surface area contributed by atoms with E-state index < -0.39 is 6.36 Å². The van der Waals surface area contributed by atoms with E-state index in [4.69, 9.17) is 0 Å². The summed E-state index contributed by atoms with van der Waals surface area (Å²) in [5.41, 5.74) is 0. The van der Waals surface area contributed by atoms with Crippen molar-refractivity contribution in [3.8, 4) is 5.75 Å². The molecule has 1 fully saturated rings. The second-order valence-electron chi connectivity index (χ2n) is 4.62. The summed E-state index contributed by atoms with van der Waals surface area (Å²) in [7, 11) is 0. The summed E-state index contributed by atoms with van der Waals surface area (Å²) in [6.07, 6.45) is -1.06. The third-order valence-electron chi connectivity index (χ3n) is 3.00. The Balaban J connectivity index is 1.83. The Hall–Kier alpha value is -1.46. The van der Waals surface area contributed by atoms with Gasteiger partial charge in [0.25, 0.3) is 0 Å². The highest BCUT2D eigenvalue weighted by Crippen LogP contribution is 2.36. The van der Waals surface area contributed by atoms with E-state index >= 15 is 0 Å². The van der Waals surface area contributed by atoms with Gasteiger partial charge in [0, 0.05) is 6.54 Å². The quantitative estimate of drug-likeness (QED) is 0.880. The molecule has 100 valence electrons. The molecular formula is C12H15F3N2O. The van der Waals surface area contributed by atoms with Crippen molar-refractivity contribution in [2.24, 2.45) is 11.8 Å². The van der Waals surface area contributed by atoms with E-state index in [2.05, 4.69) is 22.0 Å². The molecule has 1 aliphatic rings. The van der Waals surface area contributed by atoms with Crippen LogP contribution in [0.4, 0.5) is 19.0 Å². The fourth-order valence-corrected chi connectivity index (χ4v) is 1.78. The number of ether oxygens (including phenoxy) is 1. The number of nitrogens with zero attached hydrogens (tertiary/aromatic N) is 1. The Morgan fingerprint density at radius 1 is 1.44 bits per heavy atom. The molecular weight excluding hydrogens is 245 g/mol. The minimum Gasteiger partial charge on any atom is -0.404 e. The SMILES string of the molecule is CC(CNc1ccc(OC(F)(F)F)cn1)C1CC1. The maximum atomic E-state index is 11.9. The van der Waals surface area contributed by atoms with Crippen molar-refractivity contribution in [1.82, 2.24) is 4.98 Å². The lowest BCUT2D eigenvalue weighted by molar-refractivity contribution is -0.274. The number of hydrogen-bond acceptors (Lipinski definition) is 3. The summed E-state index contributed by atoms with van der Waals surface area (Å²) in [4.78, 5) is 3.88. The van der Waals surface area contributed by atoms with Gasteiger partial charge in [-0.2, -0.15) is 0 Å². The van der Waals surface area contributed by atoms with Crippen LogP contribution in [0.5, 0.6) is 5.75 Å². The minimum absolute atomic E-state index is 0.303. The number of nitrogens with one attached hydrogen (secondary N) is 1. The molecule has 1 atom stereocenters. The van der Waals surface area contributed by atoms with Gasteiger partial charge in [-0.1, -0.05) is 6.92 Å². The van der Waals surface area contributed by atoms with Crippen LogP contribution in [0.25, 0.3) is 0 Å². The van der Waals surface area contributed by atoms with E-state index in [9.17, 15) is 13.2 Å². The second kappa shape index (κ2) is 5.04. The molecule has 6 heteroatoms. The Morgan fingerprint density at radius 3 is 2.67 bits per heavy atom. The predicted octanol–water partition coefficient (Wildman–Crippen LogP) is 3.44. The first-order valence-corrected chi connectivity index (χ1v) is 5.90. The summed E-state index contributed by atoms with van der Waals surface area (Å²) in [5.74, 6) is 1.61. The molecule has 1 aromatic rings. The van der Waals surface area contributed by atoms with Gasteiger partial charge >= 0.3 is 6.36 Å². The summed E-state index contributed by atoms with van der Waals surface area (Å²) < 4.78 is 39.5. The van der Waals surface area contributed by atoms with Crippen molar-refractivity contribution in [2.75, 3.05) is 11.9 Å². The van der Waals surface area contributed by atoms with Crippen LogP contribution in [0.2, 0.25) is 0 Å². The van der Waals surface area contributed by atoms with Gasteiger partial charge in [0.1, 0.15) is 11.6 Å². The van der Waals surface area contributed by atoms with Crippen LogP contribution in [0.15, 0.2) is 18.3 Å². The van der Waals surface area contributed by atoms with Crippen LogP contribution in [0, 0.1) is 11.8 Å². The monoisotopic (exact) mass is 260 g/mol. The molecule has 3 nitrogen and oxygen atoms in total. The van der Waals surface area contributed by atoms with Crippen LogP contribution in [0.3, 0.4) is 0 Å². The zero-order chi connectivity index (χ0) is 13.2. The van der Waals surface area contributed by atoms with Gasteiger partial charge in [-0.15, -0.1) is 13.2 Å². The van der Waals surface area contributed by atoms with Crippen molar-refractivity contribution in [1.29, 1.82) is 0 Å². The number of halogens is 3. The molecule has 0 aliphatic heterocycles. The average Bonchev–Trinajstić information content (AvgIpc) is 3.09. The molecule has 0 radical (unpaired) electrons. The largest absolute Gasteiger partial charge is 0.573 e. The number of hydrogen-bond donors (Lipinski definition) is 1. The predicted molar refractivity (Wildman–Crippen MR) is 61.3 cm³/mol. The molecule has 1 heterocycles. The van der Waals surface area contributed by atoms with Crippen LogP contribution in [0.1, 0.15) is 19.8 Å². The zero-order valence-corrected chi connectivity index (χ0v) is 10.00. The Kier molecular flexibility index (Phi) is 3.63. The Labute approximate surface area is 103 Å². The van der Waals surface area contributed by atoms with Crippen molar-refractivity contribution in [3.63, 3.8) is 0 Å². The third kappa shape index (κ3) is 4.09. The lowest BCUT2D eigenvalue weighted by atomic mass is 10.1. The Bertz CT molecular complexity index is 387. The average molecular weight is 260 g/mol. The van der Waals surface area contributed by atoms with Crippen LogP contribution in [-0.2, 0) is 0 Å². The summed E-state index contributed by atoms with van der Waals surface area (Å²) in [6, 6.07) is 2.74. The minimum atomic E-state index is -4.67. The van der Waals surface area contributed by atoms with E-state index in [1.54, 1.807) is 0 Å². The van der Waals surface area contributed by atoms with Gasteiger partial charge < -0.3 is 10.1 Å². The van der Waals surface area contributed by atoms with E-state index in [0.717, 1.165) is 18.7 Å². The molecule has 18 heavy (non-hydrogen) atoms. The maximum absolute atomic E-state index is 11.9. The topological polar surface area (TPSA) is 34.1 Å². The highest BCUT2D eigenvalue weighted by Gasteiger charge is 2.31. The molecule has 1 unspecified atom stereocenters. The normalized spacial score (nSPS) is 17.3. The standard InChI is InChI=1S/C12H15F3N2O/c1-8(9-2-3-9)6-16-11-5-4-10(7-17-11)18-12(13,14)15/h4-5,7-9H,2-3,6H2,1H3,(H,16,17). The lowest BCUT2D eigenvalue weighted by Gasteiger charge is -2.12. The zero-order valence-electron chi connectivity index (χ0n) is 10.00. The highest BCUT2D eigenvalue weighted by atomic mass is 19.4. The molecule has 0 saturated heterocycles. The van der Waals surface area contributed by atoms with Gasteiger partial charge in [-0.3, -0.25) is 0 Å². The Morgan fingerprint density at radius 2 is 2.17 bits per heavy atom. The second-order valence-corrected chi connectivity index (χ2v) is 4.62. The molecule has 0 amide bonds. The van der Waals surface area contributed by atoms with Crippen LogP contribution >= 0.6 is 0 Å². The first-order valence-electron chi connectivity index (χ1n) is 5.90. The third-order valence-corrected chi connectivity index (χ3v) is 3.00. The van der Waals surface area contributed by atoms with Crippen molar-refractivity contribution in [2.45, 2.75) is 26.1 Å². The molecule has 1 aromatic heterocycles. The van der Waals surface area contributed by atoms with Gasteiger partial charge in [-0.25, -0.2) is 4.98 Å². The highest BCUT2D eigenvalue weighted by molar-refractivity contribution is 5.37. The number of rotatable bonds is 5. The van der Waals surface area contributed by atoms with E-state index in [1.807, 2.05) is 0 Å². The number of aromatic nitrogens is 1. The fourth-order valence-electron chi connectivity index (χ4n) is 1.78. The first kappa shape index (κ1) is 13.0. The smallest absolute Gasteiger partial charge is 0.404 e. The van der Waals surface area contributed by atoms with Crippen LogP contribution in [-0.4, -0.2) is 17.9 Å². The molecule has 2 rings (SSSR count). The molecule has 1 N–H and O–H groups in total. The number of alkyl halides is 3. The summed E-state index contributed by atoms with van der Waals surface area (Å²) in [5, 5.41) is 3.11. The molecule has 0 spiro atoms. The van der Waals surface area contributed by atoms with E-state index in [0.29, 0.717) is 11.7 Å².